The first-order chi connectivity index (χ1) is 8.22. The second kappa shape index (κ2) is 5.64. The minimum absolute atomic E-state index is 0.526. The first-order valence-corrected chi connectivity index (χ1v) is 7.46. The van der Waals surface area contributed by atoms with E-state index in [4.69, 9.17) is 0 Å². The molecule has 1 rings (SSSR count). The van der Waals surface area contributed by atoms with E-state index in [0.717, 1.165) is 11.8 Å². The Morgan fingerprint density at radius 1 is 1.56 bits per heavy atom. The summed E-state index contributed by atoms with van der Waals surface area (Å²) in [5.41, 5.74) is 0.493. The van der Waals surface area contributed by atoms with E-state index in [1.807, 2.05) is 20.0 Å². The lowest BCUT2D eigenvalue weighted by Crippen LogP contribution is -2.49. The molecule has 0 saturated carbocycles. The summed E-state index contributed by atoms with van der Waals surface area (Å²) < 4.78 is 26.5. The van der Waals surface area contributed by atoms with Gasteiger partial charge >= 0.3 is 0 Å². The average molecular weight is 272 g/mol. The zero-order chi connectivity index (χ0) is 13.8. The van der Waals surface area contributed by atoms with Gasteiger partial charge in [0.1, 0.15) is 0 Å². The first-order valence-electron chi connectivity index (χ1n) is 5.57. The van der Waals surface area contributed by atoms with Crippen LogP contribution in [-0.2, 0) is 16.6 Å². The fourth-order valence-electron chi connectivity index (χ4n) is 1.63. The predicted molar refractivity (Wildman–Crippen MR) is 72.4 cm³/mol. The van der Waals surface area contributed by atoms with Crippen molar-refractivity contribution in [3.63, 3.8) is 0 Å². The van der Waals surface area contributed by atoms with Gasteiger partial charge in [-0.1, -0.05) is 6.58 Å². The number of hydrogen-bond donors (Lipinski definition) is 2. The highest BCUT2D eigenvalue weighted by atomic mass is 32.2. The Hall–Kier alpha value is -1.18. The van der Waals surface area contributed by atoms with Crippen LogP contribution in [0.15, 0.2) is 19.0 Å². The van der Waals surface area contributed by atoms with Gasteiger partial charge in [-0.15, -0.1) is 0 Å². The topological polar surface area (TPSA) is 76.0 Å². The molecule has 0 saturated heterocycles. The highest BCUT2D eigenvalue weighted by Gasteiger charge is 2.21. The highest BCUT2D eigenvalue weighted by Crippen LogP contribution is 2.03. The molecule has 0 aliphatic rings. The number of aromatic nitrogens is 2. The average Bonchev–Trinajstić information content (AvgIpc) is 2.61. The van der Waals surface area contributed by atoms with Crippen LogP contribution in [0, 0.1) is 0 Å². The van der Waals surface area contributed by atoms with Gasteiger partial charge in [0.25, 0.3) is 0 Å². The lowest BCUT2D eigenvalue weighted by atomic mass is 10.1. The Balaban J connectivity index is 2.43. The SMILES string of the molecule is C=Cn1cc(CNCC(C)(C)NS(C)(=O)=O)cn1. The quantitative estimate of drug-likeness (QED) is 0.753. The molecule has 7 heteroatoms. The molecule has 0 fully saturated rings. The highest BCUT2D eigenvalue weighted by molar-refractivity contribution is 7.88. The molecule has 102 valence electrons. The molecule has 0 unspecified atom stereocenters. The van der Waals surface area contributed by atoms with Gasteiger partial charge in [0.15, 0.2) is 0 Å². The maximum Gasteiger partial charge on any atom is 0.209 e. The molecule has 6 nitrogen and oxygen atoms in total. The molecule has 0 aliphatic carbocycles. The van der Waals surface area contributed by atoms with Crippen molar-refractivity contribution in [2.24, 2.45) is 0 Å². The maximum atomic E-state index is 11.2. The summed E-state index contributed by atoms with van der Waals surface area (Å²) >= 11 is 0. The van der Waals surface area contributed by atoms with Crippen molar-refractivity contribution in [2.45, 2.75) is 25.9 Å². The molecule has 1 heterocycles. The summed E-state index contributed by atoms with van der Waals surface area (Å²) in [7, 11) is -3.20. The summed E-state index contributed by atoms with van der Waals surface area (Å²) in [4.78, 5) is 0. The number of nitrogens with one attached hydrogen (secondary N) is 2. The molecule has 2 N–H and O–H groups in total. The van der Waals surface area contributed by atoms with Crippen LogP contribution in [0.4, 0.5) is 0 Å². The lowest BCUT2D eigenvalue weighted by molar-refractivity contribution is 0.421. The van der Waals surface area contributed by atoms with Crippen LogP contribution in [0.1, 0.15) is 19.4 Å². The van der Waals surface area contributed by atoms with E-state index in [1.54, 1.807) is 17.1 Å². The van der Waals surface area contributed by atoms with Gasteiger partial charge < -0.3 is 5.32 Å². The third-order valence-electron chi connectivity index (χ3n) is 2.20. The molecule has 1 aromatic rings. The van der Waals surface area contributed by atoms with E-state index in [1.165, 1.54) is 0 Å². The molecule has 0 aliphatic heterocycles. The van der Waals surface area contributed by atoms with Crippen LogP contribution in [0.5, 0.6) is 0 Å². The van der Waals surface area contributed by atoms with Crippen LogP contribution < -0.4 is 10.0 Å². The van der Waals surface area contributed by atoms with Crippen LogP contribution in [-0.4, -0.2) is 36.5 Å². The molecular weight excluding hydrogens is 252 g/mol. The first kappa shape index (κ1) is 14.9. The third-order valence-corrected chi connectivity index (χ3v) is 3.12. The lowest BCUT2D eigenvalue weighted by Gasteiger charge is -2.25. The number of rotatable bonds is 7. The Labute approximate surface area is 108 Å². The fourth-order valence-corrected chi connectivity index (χ4v) is 2.70. The Morgan fingerprint density at radius 2 is 2.22 bits per heavy atom. The van der Waals surface area contributed by atoms with Gasteiger partial charge in [-0.2, -0.15) is 5.10 Å². The largest absolute Gasteiger partial charge is 0.311 e. The smallest absolute Gasteiger partial charge is 0.209 e. The zero-order valence-corrected chi connectivity index (χ0v) is 11.8. The van der Waals surface area contributed by atoms with Gasteiger partial charge in [0.2, 0.25) is 10.0 Å². The van der Waals surface area contributed by atoms with Crippen molar-refractivity contribution < 1.29 is 8.42 Å². The van der Waals surface area contributed by atoms with Crippen LogP contribution in [0.2, 0.25) is 0 Å². The summed E-state index contributed by atoms with van der Waals surface area (Å²) in [5, 5.41) is 7.24. The Bertz CT molecular complexity index is 505. The maximum absolute atomic E-state index is 11.2. The number of nitrogens with zero attached hydrogens (tertiary/aromatic N) is 2. The normalized spacial score (nSPS) is 12.6. The number of sulfonamides is 1. The van der Waals surface area contributed by atoms with Crippen molar-refractivity contribution >= 4 is 16.2 Å². The van der Waals surface area contributed by atoms with E-state index in [0.29, 0.717) is 13.1 Å². The van der Waals surface area contributed by atoms with E-state index in [2.05, 4.69) is 21.7 Å². The molecule has 0 spiro atoms. The van der Waals surface area contributed by atoms with Gasteiger partial charge in [-0.25, -0.2) is 17.8 Å². The van der Waals surface area contributed by atoms with E-state index in [-0.39, 0.29) is 0 Å². The van der Waals surface area contributed by atoms with Crippen LogP contribution >= 0.6 is 0 Å². The standard InChI is InChI=1S/C11H20N4O2S/c1-5-15-8-10(7-13-15)6-12-9-11(2,3)14-18(4,16)17/h5,7-8,12,14H,1,6,9H2,2-4H3. The molecule has 0 radical (unpaired) electrons. The van der Waals surface area contributed by atoms with Gasteiger partial charge in [0.05, 0.1) is 12.5 Å². The van der Waals surface area contributed by atoms with Crippen molar-refractivity contribution in [1.29, 1.82) is 0 Å². The van der Waals surface area contributed by atoms with Crippen molar-refractivity contribution in [1.82, 2.24) is 19.8 Å². The van der Waals surface area contributed by atoms with E-state index >= 15 is 0 Å². The Kier molecular flexibility index (Phi) is 4.66. The summed E-state index contributed by atoms with van der Waals surface area (Å²) in [5.74, 6) is 0. The Morgan fingerprint density at radius 3 is 2.72 bits per heavy atom. The van der Waals surface area contributed by atoms with Gasteiger partial charge in [-0.3, -0.25) is 0 Å². The van der Waals surface area contributed by atoms with Gasteiger partial charge in [0, 0.05) is 36.6 Å². The molecule has 0 bridgehead atoms. The van der Waals surface area contributed by atoms with Crippen molar-refractivity contribution in [3.05, 3.63) is 24.5 Å². The summed E-state index contributed by atoms with van der Waals surface area (Å²) in [6.45, 7) is 8.42. The van der Waals surface area contributed by atoms with Crippen molar-refractivity contribution in [3.8, 4) is 0 Å². The molecule has 1 aromatic heterocycles. The van der Waals surface area contributed by atoms with E-state index in [9.17, 15) is 8.42 Å². The van der Waals surface area contributed by atoms with E-state index < -0.39 is 15.6 Å². The molecule has 0 amide bonds. The molecule has 0 atom stereocenters. The molecule has 18 heavy (non-hydrogen) atoms. The molecular formula is C11H20N4O2S. The van der Waals surface area contributed by atoms with Crippen LogP contribution in [0.25, 0.3) is 6.20 Å². The fraction of sp³-hybridized carbons (Fsp3) is 0.545. The second-order valence-corrected chi connectivity index (χ2v) is 6.62. The molecule has 0 aromatic carbocycles. The minimum Gasteiger partial charge on any atom is -0.311 e. The summed E-state index contributed by atoms with van der Waals surface area (Å²) in [6.07, 6.45) is 6.37. The zero-order valence-electron chi connectivity index (χ0n) is 11.0. The summed E-state index contributed by atoms with van der Waals surface area (Å²) in [6, 6.07) is 0. The monoisotopic (exact) mass is 272 g/mol. The predicted octanol–water partition coefficient (Wildman–Crippen LogP) is 0.401. The van der Waals surface area contributed by atoms with Crippen LogP contribution in [0.3, 0.4) is 0 Å². The van der Waals surface area contributed by atoms with Crippen molar-refractivity contribution in [2.75, 3.05) is 12.8 Å². The second-order valence-electron chi connectivity index (χ2n) is 4.87. The third kappa shape index (κ3) is 5.44. The minimum atomic E-state index is -3.20. The number of hydrogen-bond acceptors (Lipinski definition) is 4. The van der Waals surface area contributed by atoms with Gasteiger partial charge in [-0.05, 0) is 13.8 Å².